The first kappa shape index (κ1) is 17.9. The molecule has 3 amide bonds. The first-order chi connectivity index (χ1) is 12.5. The van der Waals surface area contributed by atoms with Crippen molar-refractivity contribution in [3.05, 3.63) is 59.1 Å². The van der Waals surface area contributed by atoms with Gasteiger partial charge in [-0.05, 0) is 50.2 Å². The molecule has 6 nitrogen and oxygen atoms in total. The van der Waals surface area contributed by atoms with Crippen molar-refractivity contribution in [1.29, 1.82) is 0 Å². The molecule has 7 heteroatoms. The fourth-order valence-electron chi connectivity index (χ4n) is 2.39. The molecule has 0 aliphatic heterocycles. The lowest BCUT2D eigenvalue weighted by Crippen LogP contribution is -2.34. The quantitative estimate of drug-likeness (QED) is 0.641. The van der Waals surface area contributed by atoms with Crippen LogP contribution in [0.1, 0.15) is 29.2 Å². The number of anilines is 1. The van der Waals surface area contributed by atoms with E-state index in [4.69, 9.17) is 0 Å². The molecule has 0 atom stereocenters. The fourth-order valence-corrected chi connectivity index (χ4v) is 3.29. The van der Waals surface area contributed by atoms with Gasteiger partial charge < -0.3 is 16.0 Å². The first-order valence-electron chi connectivity index (χ1n) is 8.31. The number of hydrogen-bond donors (Lipinski definition) is 3. The number of aromatic nitrogens is 1. The maximum atomic E-state index is 12.3. The van der Waals surface area contributed by atoms with Crippen LogP contribution in [-0.2, 0) is 6.54 Å². The SMILES string of the molecule is CC(C)NC(=O)Nc1ccc(C(=O)NCc2nc3ccccc3s2)cc1. The lowest BCUT2D eigenvalue weighted by Gasteiger charge is -2.10. The number of rotatable bonds is 5. The Labute approximate surface area is 155 Å². The Morgan fingerprint density at radius 1 is 1.08 bits per heavy atom. The molecule has 3 N–H and O–H groups in total. The molecule has 3 aromatic rings. The molecule has 134 valence electrons. The number of carbonyl (C=O) groups excluding carboxylic acids is 2. The van der Waals surface area contributed by atoms with E-state index in [1.54, 1.807) is 35.6 Å². The average molecular weight is 368 g/mol. The van der Waals surface area contributed by atoms with Crippen LogP contribution >= 0.6 is 11.3 Å². The lowest BCUT2D eigenvalue weighted by atomic mass is 10.2. The molecule has 0 saturated carbocycles. The van der Waals surface area contributed by atoms with Crippen LogP contribution in [0, 0.1) is 0 Å². The van der Waals surface area contributed by atoms with Crippen LogP contribution in [0.4, 0.5) is 10.5 Å². The normalized spacial score (nSPS) is 10.7. The Balaban J connectivity index is 1.56. The van der Waals surface area contributed by atoms with E-state index in [1.807, 2.05) is 38.1 Å². The fraction of sp³-hybridized carbons (Fsp3) is 0.211. The zero-order valence-corrected chi connectivity index (χ0v) is 15.4. The number of hydrogen-bond acceptors (Lipinski definition) is 4. The van der Waals surface area contributed by atoms with E-state index in [1.165, 1.54) is 0 Å². The second kappa shape index (κ2) is 7.97. The van der Waals surface area contributed by atoms with E-state index >= 15 is 0 Å². The number of urea groups is 1. The summed E-state index contributed by atoms with van der Waals surface area (Å²) in [5, 5.41) is 9.20. The summed E-state index contributed by atoms with van der Waals surface area (Å²) in [7, 11) is 0. The van der Waals surface area contributed by atoms with Gasteiger partial charge in [-0.2, -0.15) is 0 Å². The molecule has 0 bridgehead atoms. The average Bonchev–Trinajstić information content (AvgIpc) is 3.02. The van der Waals surface area contributed by atoms with E-state index in [2.05, 4.69) is 20.9 Å². The molecule has 0 unspecified atom stereocenters. The van der Waals surface area contributed by atoms with E-state index < -0.39 is 0 Å². The number of nitrogens with zero attached hydrogens (tertiary/aromatic N) is 1. The van der Waals surface area contributed by atoms with Gasteiger partial charge in [-0.3, -0.25) is 4.79 Å². The van der Waals surface area contributed by atoms with Crippen LogP contribution in [-0.4, -0.2) is 23.0 Å². The van der Waals surface area contributed by atoms with Crippen LogP contribution < -0.4 is 16.0 Å². The number of para-hydroxylation sites is 1. The summed E-state index contributed by atoms with van der Waals surface area (Å²) in [6, 6.07) is 14.4. The molecule has 2 aromatic carbocycles. The van der Waals surface area contributed by atoms with Crippen LogP contribution in [0.15, 0.2) is 48.5 Å². The molecule has 1 heterocycles. The standard InChI is InChI=1S/C19H20N4O2S/c1-12(2)21-19(25)22-14-9-7-13(8-10-14)18(24)20-11-17-23-15-5-3-4-6-16(15)26-17/h3-10,12H,11H2,1-2H3,(H,20,24)(H2,21,22,25). The molecule has 0 aliphatic rings. The number of benzene rings is 2. The third-order valence-corrected chi connectivity index (χ3v) is 4.60. The van der Waals surface area contributed by atoms with Crippen molar-refractivity contribution >= 4 is 39.2 Å². The summed E-state index contributed by atoms with van der Waals surface area (Å²) in [6.45, 7) is 4.16. The monoisotopic (exact) mass is 368 g/mol. The molecule has 0 radical (unpaired) electrons. The molecule has 0 saturated heterocycles. The van der Waals surface area contributed by atoms with Crippen molar-refractivity contribution < 1.29 is 9.59 Å². The Morgan fingerprint density at radius 3 is 2.50 bits per heavy atom. The van der Waals surface area contributed by atoms with E-state index in [0.717, 1.165) is 15.2 Å². The number of thiazole rings is 1. The largest absolute Gasteiger partial charge is 0.346 e. The molecule has 0 spiro atoms. The molecule has 0 aliphatic carbocycles. The number of fused-ring (bicyclic) bond motifs is 1. The van der Waals surface area contributed by atoms with Crippen molar-refractivity contribution in [2.75, 3.05) is 5.32 Å². The molecule has 1 aromatic heterocycles. The summed E-state index contributed by atoms with van der Waals surface area (Å²) in [6.07, 6.45) is 0. The summed E-state index contributed by atoms with van der Waals surface area (Å²) >= 11 is 1.57. The Morgan fingerprint density at radius 2 is 1.81 bits per heavy atom. The third-order valence-electron chi connectivity index (χ3n) is 3.56. The predicted octanol–water partition coefficient (Wildman–Crippen LogP) is 3.76. The van der Waals surface area contributed by atoms with Gasteiger partial charge >= 0.3 is 6.03 Å². The van der Waals surface area contributed by atoms with Gasteiger partial charge in [0.05, 0.1) is 16.8 Å². The minimum absolute atomic E-state index is 0.0579. The topological polar surface area (TPSA) is 83.1 Å². The summed E-state index contributed by atoms with van der Waals surface area (Å²) in [4.78, 5) is 28.4. The Kier molecular flexibility index (Phi) is 5.48. The van der Waals surface area contributed by atoms with Crippen molar-refractivity contribution in [2.24, 2.45) is 0 Å². The second-order valence-corrected chi connectivity index (χ2v) is 7.20. The minimum atomic E-state index is -0.270. The second-order valence-electron chi connectivity index (χ2n) is 6.09. The smallest absolute Gasteiger partial charge is 0.319 e. The highest BCUT2D eigenvalue weighted by Gasteiger charge is 2.09. The van der Waals surface area contributed by atoms with Gasteiger partial charge in [0, 0.05) is 17.3 Å². The van der Waals surface area contributed by atoms with Gasteiger partial charge in [-0.25, -0.2) is 9.78 Å². The van der Waals surface area contributed by atoms with Gasteiger partial charge in [0.1, 0.15) is 5.01 Å². The number of carbonyl (C=O) groups is 2. The van der Waals surface area contributed by atoms with E-state index in [0.29, 0.717) is 17.8 Å². The van der Waals surface area contributed by atoms with E-state index in [-0.39, 0.29) is 18.0 Å². The number of amides is 3. The van der Waals surface area contributed by atoms with Gasteiger partial charge in [-0.1, -0.05) is 12.1 Å². The van der Waals surface area contributed by atoms with Gasteiger partial charge in [-0.15, -0.1) is 11.3 Å². The highest BCUT2D eigenvalue weighted by Crippen LogP contribution is 2.21. The zero-order valence-electron chi connectivity index (χ0n) is 14.6. The summed E-state index contributed by atoms with van der Waals surface area (Å²) in [5.74, 6) is -0.178. The molecular weight excluding hydrogens is 348 g/mol. The molecule has 0 fully saturated rings. The van der Waals surface area contributed by atoms with Crippen LogP contribution in [0.5, 0.6) is 0 Å². The molecule has 26 heavy (non-hydrogen) atoms. The third kappa shape index (κ3) is 4.58. The van der Waals surface area contributed by atoms with Gasteiger partial charge in [0.25, 0.3) is 5.91 Å². The summed E-state index contributed by atoms with van der Waals surface area (Å²) in [5.41, 5.74) is 2.10. The lowest BCUT2D eigenvalue weighted by molar-refractivity contribution is 0.0951. The zero-order chi connectivity index (χ0) is 18.5. The first-order valence-corrected chi connectivity index (χ1v) is 9.13. The molecular formula is C19H20N4O2S. The highest BCUT2D eigenvalue weighted by molar-refractivity contribution is 7.18. The predicted molar refractivity (Wildman–Crippen MR) is 105 cm³/mol. The van der Waals surface area contributed by atoms with Crippen molar-refractivity contribution in [3.63, 3.8) is 0 Å². The maximum absolute atomic E-state index is 12.3. The maximum Gasteiger partial charge on any atom is 0.319 e. The van der Waals surface area contributed by atoms with Crippen molar-refractivity contribution in [1.82, 2.24) is 15.6 Å². The minimum Gasteiger partial charge on any atom is -0.346 e. The van der Waals surface area contributed by atoms with Crippen LogP contribution in [0.3, 0.4) is 0 Å². The van der Waals surface area contributed by atoms with Crippen molar-refractivity contribution in [2.45, 2.75) is 26.4 Å². The summed E-state index contributed by atoms with van der Waals surface area (Å²) < 4.78 is 1.10. The van der Waals surface area contributed by atoms with Crippen LogP contribution in [0.2, 0.25) is 0 Å². The van der Waals surface area contributed by atoms with E-state index in [9.17, 15) is 9.59 Å². The highest BCUT2D eigenvalue weighted by atomic mass is 32.1. The van der Waals surface area contributed by atoms with Gasteiger partial charge in [0.15, 0.2) is 0 Å². The Hall–Kier alpha value is -2.93. The molecule has 3 rings (SSSR count). The Bertz CT molecular complexity index is 886. The van der Waals surface area contributed by atoms with Gasteiger partial charge in [0.2, 0.25) is 0 Å². The van der Waals surface area contributed by atoms with Crippen LogP contribution in [0.25, 0.3) is 10.2 Å². The number of nitrogens with one attached hydrogen (secondary N) is 3. The van der Waals surface area contributed by atoms with Crippen molar-refractivity contribution in [3.8, 4) is 0 Å².